The molecule has 180 valence electrons. The smallest absolute Gasteiger partial charge is 0.288 e. The third-order valence-electron chi connectivity index (χ3n) is 5.76. The summed E-state index contributed by atoms with van der Waals surface area (Å²) in [6.07, 6.45) is 3.05. The first kappa shape index (κ1) is 23.1. The molecule has 3 aromatic heterocycles. The molecular formula is C24H19ClN8O3. The summed E-state index contributed by atoms with van der Waals surface area (Å²) >= 11 is 5.87. The van der Waals surface area contributed by atoms with E-state index in [1.54, 1.807) is 23.9 Å². The van der Waals surface area contributed by atoms with Gasteiger partial charge in [0.05, 0.1) is 27.9 Å². The highest BCUT2D eigenvalue weighted by Crippen LogP contribution is 2.27. The molecule has 3 heterocycles. The number of nitrogens with one attached hydrogen (secondary N) is 1. The normalized spacial score (nSPS) is 11.1. The number of anilines is 1. The van der Waals surface area contributed by atoms with Gasteiger partial charge in [-0.25, -0.2) is 14.6 Å². The molecule has 12 heteroatoms. The Balaban J connectivity index is 1.54. The first-order valence-electron chi connectivity index (χ1n) is 10.8. The molecule has 0 radical (unpaired) electrons. The molecule has 11 nitrogen and oxygen atoms in total. The number of amides is 1. The molecule has 36 heavy (non-hydrogen) atoms. The van der Waals surface area contributed by atoms with Crippen LogP contribution in [0.5, 0.6) is 0 Å². The second kappa shape index (κ2) is 8.86. The van der Waals surface area contributed by atoms with Crippen molar-refractivity contribution in [3.8, 4) is 11.5 Å². The Morgan fingerprint density at radius 2 is 1.83 bits per heavy atom. The van der Waals surface area contributed by atoms with Crippen molar-refractivity contribution in [1.29, 1.82) is 0 Å². The van der Waals surface area contributed by atoms with Crippen LogP contribution in [0.15, 0.2) is 55.0 Å². The van der Waals surface area contributed by atoms with E-state index in [-0.39, 0.29) is 16.3 Å². The third-order valence-corrected chi connectivity index (χ3v) is 6.08. The van der Waals surface area contributed by atoms with E-state index in [1.807, 2.05) is 32.0 Å². The number of benzene rings is 2. The molecule has 0 unspecified atom stereocenters. The minimum Gasteiger partial charge on any atom is -0.306 e. The van der Waals surface area contributed by atoms with Crippen molar-refractivity contribution in [3.63, 3.8) is 0 Å². The van der Waals surface area contributed by atoms with Crippen LogP contribution in [0.4, 0.5) is 11.5 Å². The number of nitro benzene ring substituents is 1. The van der Waals surface area contributed by atoms with E-state index in [4.69, 9.17) is 11.6 Å². The van der Waals surface area contributed by atoms with E-state index in [0.717, 1.165) is 17.3 Å². The van der Waals surface area contributed by atoms with Gasteiger partial charge in [-0.2, -0.15) is 14.9 Å². The van der Waals surface area contributed by atoms with E-state index in [1.165, 1.54) is 28.7 Å². The highest BCUT2D eigenvalue weighted by molar-refractivity contribution is 6.32. The fraction of sp³-hybridized carbons (Fsp3) is 0.125. The fourth-order valence-corrected chi connectivity index (χ4v) is 3.97. The van der Waals surface area contributed by atoms with Gasteiger partial charge in [-0.05, 0) is 56.2 Å². The summed E-state index contributed by atoms with van der Waals surface area (Å²) in [4.78, 5) is 32.3. The van der Waals surface area contributed by atoms with Crippen LogP contribution in [0.3, 0.4) is 0 Å². The first-order valence-corrected chi connectivity index (χ1v) is 11.2. The Morgan fingerprint density at radius 1 is 1.03 bits per heavy atom. The molecular weight excluding hydrogens is 484 g/mol. The molecule has 0 aliphatic carbocycles. The van der Waals surface area contributed by atoms with Crippen molar-refractivity contribution >= 4 is 40.0 Å². The molecule has 0 saturated carbocycles. The summed E-state index contributed by atoms with van der Waals surface area (Å²) < 4.78 is 3.20. The summed E-state index contributed by atoms with van der Waals surface area (Å²) in [7, 11) is 0. The number of nitro groups is 1. The zero-order valence-corrected chi connectivity index (χ0v) is 20.2. The van der Waals surface area contributed by atoms with Crippen LogP contribution < -0.4 is 5.32 Å². The van der Waals surface area contributed by atoms with Crippen LogP contribution in [0, 0.1) is 30.9 Å². The number of halogens is 1. The largest absolute Gasteiger partial charge is 0.306 e. The quantitative estimate of drug-likeness (QED) is 0.271. The van der Waals surface area contributed by atoms with Crippen LogP contribution in [0.25, 0.3) is 22.5 Å². The van der Waals surface area contributed by atoms with Gasteiger partial charge in [-0.3, -0.25) is 14.9 Å². The Morgan fingerprint density at radius 3 is 2.58 bits per heavy atom. The number of nitrogens with zero attached hydrogens (tertiary/aromatic N) is 7. The van der Waals surface area contributed by atoms with Crippen molar-refractivity contribution in [2.75, 3.05) is 5.32 Å². The maximum absolute atomic E-state index is 12.9. The fourth-order valence-electron chi connectivity index (χ4n) is 3.78. The van der Waals surface area contributed by atoms with Crippen molar-refractivity contribution in [2.45, 2.75) is 20.8 Å². The average molecular weight is 503 g/mol. The van der Waals surface area contributed by atoms with Crippen molar-refractivity contribution in [2.24, 2.45) is 0 Å². The van der Waals surface area contributed by atoms with Gasteiger partial charge in [-0.1, -0.05) is 17.7 Å². The van der Waals surface area contributed by atoms with Gasteiger partial charge >= 0.3 is 0 Å². The summed E-state index contributed by atoms with van der Waals surface area (Å²) in [5.41, 5.74) is 4.07. The van der Waals surface area contributed by atoms with Crippen LogP contribution in [0.2, 0.25) is 5.02 Å². The predicted octanol–water partition coefficient (Wildman–Crippen LogP) is 4.74. The summed E-state index contributed by atoms with van der Waals surface area (Å²) in [5, 5.41) is 23.5. The highest BCUT2D eigenvalue weighted by Gasteiger charge is 2.20. The van der Waals surface area contributed by atoms with Crippen LogP contribution in [-0.2, 0) is 0 Å². The van der Waals surface area contributed by atoms with Crippen molar-refractivity contribution in [1.82, 2.24) is 29.5 Å². The molecule has 0 atom stereocenters. The van der Waals surface area contributed by atoms with Gasteiger partial charge < -0.3 is 5.32 Å². The molecule has 5 aromatic rings. The minimum absolute atomic E-state index is 0.0541. The Bertz CT molecular complexity index is 1670. The van der Waals surface area contributed by atoms with Crippen molar-refractivity contribution < 1.29 is 9.72 Å². The molecule has 0 bridgehead atoms. The molecule has 1 amide bonds. The van der Waals surface area contributed by atoms with E-state index >= 15 is 0 Å². The van der Waals surface area contributed by atoms with E-state index in [0.29, 0.717) is 28.4 Å². The topological polar surface area (TPSA) is 134 Å². The second-order valence-corrected chi connectivity index (χ2v) is 8.63. The molecule has 1 N–H and O–H groups in total. The zero-order chi connectivity index (χ0) is 25.6. The molecule has 0 aliphatic rings. The summed E-state index contributed by atoms with van der Waals surface area (Å²) in [5.74, 6) is 0.182. The molecule has 0 saturated heterocycles. The van der Waals surface area contributed by atoms with Crippen LogP contribution >= 0.6 is 11.6 Å². The standard InChI is InChI=1S/C24H19ClN8O3/c1-13-4-6-17(8-14(13)2)31-22-18(11-28-31)23(27-12-26-22)32-21(9-15(3)30-32)29-24(34)16-5-7-19(25)20(10-16)33(35)36/h4-12H,1-3H3,(H,29,34). The van der Waals surface area contributed by atoms with Gasteiger partial charge in [0.25, 0.3) is 11.6 Å². The molecule has 0 fully saturated rings. The number of aromatic nitrogens is 6. The van der Waals surface area contributed by atoms with Crippen LogP contribution in [0.1, 0.15) is 27.2 Å². The number of fused-ring (bicyclic) bond motifs is 1. The number of rotatable bonds is 5. The summed E-state index contributed by atoms with van der Waals surface area (Å²) in [6.45, 7) is 5.84. The van der Waals surface area contributed by atoms with E-state index in [9.17, 15) is 14.9 Å². The number of hydrogen-bond acceptors (Lipinski definition) is 7. The number of carbonyl (C=O) groups excluding carboxylic acids is 1. The zero-order valence-electron chi connectivity index (χ0n) is 19.4. The van der Waals surface area contributed by atoms with Gasteiger partial charge in [-0.15, -0.1) is 0 Å². The lowest BCUT2D eigenvalue weighted by Crippen LogP contribution is -2.16. The van der Waals surface area contributed by atoms with Crippen molar-refractivity contribution in [3.05, 3.63) is 92.5 Å². The lowest BCUT2D eigenvalue weighted by molar-refractivity contribution is -0.384. The monoisotopic (exact) mass is 502 g/mol. The summed E-state index contributed by atoms with van der Waals surface area (Å²) in [6, 6.07) is 11.5. The molecule has 5 rings (SSSR count). The highest BCUT2D eigenvalue weighted by atomic mass is 35.5. The lowest BCUT2D eigenvalue weighted by Gasteiger charge is -2.10. The Hall–Kier alpha value is -4.64. The van der Waals surface area contributed by atoms with E-state index in [2.05, 4.69) is 25.5 Å². The molecule has 2 aromatic carbocycles. The maximum Gasteiger partial charge on any atom is 0.288 e. The van der Waals surface area contributed by atoms with Crippen LogP contribution in [-0.4, -0.2) is 40.4 Å². The Labute approximate surface area is 209 Å². The Kier molecular flexibility index (Phi) is 5.69. The maximum atomic E-state index is 12.9. The first-order chi connectivity index (χ1) is 17.2. The number of carbonyl (C=O) groups is 1. The number of aryl methyl sites for hydroxylation is 3. The third kappa shape index (κ3) is 4.05. The molecule has 0 spiro atoms. The van der Waals surface area contributed by atoms with Gasteiger partial charge in [0, 0.05) is 17.7 Å². The van der Waals surface area contributed by atoms with E-state index < -0.39 is 10.8 Å². The molecule has 0 aliphatic heterocycles. The lowest BCUT2D eigenvalue weighted by atomic mass is 10.1. The minimum atomic E-state index is -0.641. The average Bonchev–Trinajstić information content (AvgIpc) is 3.44. The number of hydrogen-bond donors (Lipinski definition) is 1. The second-order valence-electron chi connectivity index (χ2n) is 8.22. The predicted molar refractivity (Wildman–Crippen MR) is 134 cm³/mol. The SMILES string of the molecule is Cc1cc(NC(=O)c2ccc(Cl)c([N+](=O)[O-])c2)n(-c2ncnc3c2cnn3-c2ccc(C)c(C)c2)n1. The van der Waals surface area contributed by atoms with Gasteiger partial charge in [0.1, 0.15) is 17.2 Å². The van der Waals surface area contributed by atoms with Gasteiger partial charge in [0.15, 0.2) is 11.5 Å². The van der Waals surface area contributed by atoms with Gasteiger partial charge in [0.2, 0.25) is 0 Å².